The zero-order valence-electron chi connectivity index (χ0n) is 13.9. The molecular weight excluding hydrogens is 248 g/mol. The lowest BCUT2D eigenvalue weighted by atomic mass is 9.84. The molecule has 1 aliphatic carbocycles. The van der Waals surface area contributed by atoms with Crippen molar-refractivity contribution in [1.29, 1.82) is 0 Å². The number of β-amino-alcohol motifs (C(OH)–C–C–N with tert-alkyl or cyclic N) is 1. The normalized spacial score (nSPS) is 38.2. The Kier molecular flexibility index (Phi) is 5.14. The Labute approximate surface area is 125 Å². The smallest absolute Gasteiger partial charge is 0.0746 e. The number of piperidine rings is 1. The van der Waals surface area contributed by atoms with Gasteiger partial charge in [0.05, 0.1) is 5.60 Å². The van der Waals surface area contributed by atoms with Crippen LogP contribution < -0.4 is 5.32 Å². The van der Waals surface area contributed by atoms with Crippen molar-refractivity contribution in [3.63, 3.8) is 0 Å². The minimum Gasteiger partial charge on any atom is -0.389 e. The van der Waals surface area contributed by atoms with Crippen LogP contribution in [0.25, 0.3) is 0 Å². The molecule has 3 unspecified atom stereocenters. The van der Waals surface area contributed by atoms with Crippen LogP contribution in [-0.4, -0.2) is 47.8 Å². The van der Waals surface area contributed by atoms with Gasteiger partial charge in [-0.25, -0.2) is 0 Å². The maximum absolute atomic E-state index is 10.3. The van der Waals surface area contributed by atoms with E-state index < -0.39 is 5.60 Å². The zero-order chi connectivity index (χ0) is 14.8. The van der Waals surface area contributed by atoms with E-state index in [9.17, 15) is 5.11 Å². The van der Waals surface area contributed by atoms with Gasteiger partial charge in [-0.15, -0.1) is 0 Å². The van der Waals surface area contributed by atoms with Crippen LogP contribution in [0.5, 0.6) is 0 Å². The van der Waals surface area contributed by atoms with Crippen LogP contribution in [0.4, 0.5) is 0 Å². The number of aliphatic hydroxyl groups is 1. The van der Waals surface area contributed by atoms with Crippen molar-refractivity contribution in [3.05, 3.63) is 0 Å². The van der Waals surface area contributed by atoms with E-state index in [0.29, 0.717) is 11.5 Å². The fraction of sp³-hybridized carbons (Fsp3) is 1.00. The van der Waals surface area contributed by atoms with Gasteiger partial charge < -0.3 is 15.3 Å². The molecule has 3 heteroatoms. The number of rotatable bonds is 5. The maximum Gasteiger partial charge on any atom is 0.0746 e. The Morgan fingerprint density at radius 3 is 2.65 bits per heavy atom. The van der Waals surface area contributed by atoms with Crippen LogP contribution >= 0.6 is 0 Å². The first-order valence-electron chi connectivity index (χ1n) is 8.52. The van der Waals surface area contributed by atoms with Crippen molar-refractivity contribution >= 4 is 0 Å². The molecule has 0 amide bonds. The standard InChI is InChI=1S/C17H34N2O/c1-5-10-18-15-14(7-9-16(15,2)3)12-19-11-6-8-17(4,20)13-19/h14-15,18,20H,5-13H2,1-4H3. The third-order valence-corrected chi connectivity index (χ3v) is 5.33. The van der Waals surface area contributed by atoms with Gasteiger partial charge in [0, 0.05) is 19.1 Å². The first-order chi connectivity index (χ1) is 9.34. The van der Waals surface area contributed by atoms with Crippen molar-refractivity contribution in [2.45, 2.75) is 71.4 Å². The Hall–Kier alpha value is -0.120. The lowest BCUT2D eigenvalue weighted by molar-refractivity contribution is -0.0213. The lowest BCUT2D eigenvalue weighted by Gasteiger charge is -2.40. The van der Waals surface area contributed by atoms with Crippen molar-refractivity contribution in [2.75, 3.05) is 26.2 Å². The highest BCUT2D eigenvalue weighted by Gasteiger charge is 2.42. The number of nitrogens with one attached hydrogen (secondary N) is 1. The summed E-state index contributed by atoms with van der Waals surface area (Å²) in [5, 5.41) is 14.1. The summed E-state index contributed by atoms with van der Waals surface area (Å²) >= 11 is 0. The fourth-order valence-corrected chi connectivity index (χ4v) is 4.27. The van der Waals surface area contributed by atoms with E-state index in [0.717, 1.165) is 44.9 Å². The fourth-order valence-electron chi connectivity index (χ4n) is 4.27. The molecule has 0 spiro atoms. The molecule has 0 aromatic heterocycles. The molecule has 2 rings (SSSR count). The second-order valence-electron chi connectivity index (χ2n) is 8.05. The molecule has 2 N–H and O–H groups in total. The Morgan fingerprint density at radius 1 is 1.25 bits per heavy atom. The molecule has 118 valence electrons. The second kappa shape index (κ2) is 6.33. The van der Waals surface area contributed by atoms with Crippen LogP contribution in [-0.2, 0) is 0 Å². The van der Waals surface area contributed by atoms with E-state index in [1.165, 1.54) is 19.3 Å². The Bertz CT molecular complexity index is 314. The third-order valence-electron chi connectivity index (χ3n) is 5.33. The molecule has 20 heavy (non-hydrogen) atoms. The summed E-state index contributed by atoms with van der Waals surface area (Å²) in [6.07, 6.45) is 5.95. The molecule has 1 saturated heterocycles. The topological polar surface area (TPSA) is 35.5 Å². The van der Waals surface area contributed by atoms with Gasteiger partial charge in [-0.3, -0.25) is 0 Å². The molecule has 0 aromatic rings. The quantitative estimate of drug-likeness (QED) is 0.814. The van der Waals surface area contributed by atoms with Crippen LogP contribution in [0.2, 0.25) is 0 Å². The highest BCUT2D eigenvalue weighted by atomic mass is 16.3. The predicted octanol–water partition coefficient (Wildman–Crippen LogP) is 2.64. The largest absolute Gasteiger partial charge is 0.389 e. The minimum atomic E-state index is -0.473. The van der Waals surface area contributed by atoms with E-state index in [1.807, 2.05) is 6.92 Å². The highest BCUT2D eigenvalue weighted by molar-refractivity contribution is 4.98. The van der Waals surface area contributed by atoms with Crippen LogP contribution in [0.3, 0.4) is 0 Å². The molecular formula is C17H34N2O. The Balaban J connectivity index is 1.93. The van der Waals surface area contributed by atoms with Gasteiger partial charge >= 0.3 is 0 Å². The van der Waals surface area contributed by atoms with Crippen LogP contribution in [0.15, 0.2) is 0 Å². The molecule has 1 saturated carbocycles. The Morgan fingerprint density at radius 2 is 2.00 bits per heavy atom. The number of hydrogen-bond acceptors (Lipinski definition) is 3. The second-order valence-corrected chi connectivity index (χ2v) is 8.05. The van der Waals surface area contributed by atoms with Crippen molar-refractivity contribution in [1.82, 2.24) is 10.2 Å². The predicted molar refractivity (Wildman–Crippen MR) is 84.9 cm³/mol. The average molecular weight is 282 g/mol. The van der Waals surface area contributed by atoms with Gasteiger partial charge in [0.2, 0.25) is 0 Å². The number of likely N-dealkylation sites (tertiary alicyclic amines) is 1. The molecule has 0 aromatic carbocycles. The van der Waals surface area contributed by atoms with Crippen molar-refractivity contribution in [2.24, 2.45) is 11.3 Å². The first kappa shape index (κ1) is 16.3. The van der Waals surface area contributed by atoms with E-state index >= 15 is 0 Å². The molecule has 0 radical (unpaired) electrons. The van der Waals surface area contributed by atoms with Crippen molar-refractivity contribution in [3.8, 4) is 0 Å². The zero-order valence-corrected chi connectivity index (χ0v) is 13.9. The molecule has 0 bridgehead atoms. The molecule has 2 fully saturated rings. The molecule has 1 heterocycles. The summed E-state index contributed by atoms with van der Waals surface area (Å²) in [7, 11) is 0. The summed E-state index contributed by atoms with van der Waals surface area (Å²) in [4.78, 5) is 2.50. The first-order valence-corrected chi connectivity index (χ1v) is 8.52. The van der Waals surface area contributed by atoms with Gasteiger partial charge in [-0.05, 0) is 63.5 Å². The average Bonchev–Trinajstić information content (AvgIpc) is 2.61. The van der Waals surface area contributed by atoms with Gasteiger partial charge in [0.1, 0.15) is 0 Å². The monoisotopic (exact) mass is 282 g/mol. The SMILES string of the molecule is CCCNC1C(CN2CCCC(C)(O)C2)CCC1(C)C. The van der Waals surface area contributed by atoms with Gasteiger partial charge in [-0.2, -0.15) is 0 Å². The van der Waals surface area contributed by atoms with Crippen molar-refractivity contribution < 1.29 is 5.11 Å². The maximum atomic E-state index is 10.3. The summed E-state index contributed by atoms with van der Waals surface area (Å²) in [6.45, 7) is 13.3. The van der Waals surface area contributed by atoms with E-state index in [-0.39, 0.29) is 0 Å². The summed E-state index contributed by atoms with van der Waals surface area (Å²) in [5.41, 5.74) is -0.0587. The van der Waals surface area contributed by atoms with E-state index in [4.69, 9.17) is 0 Å². The van der Waals surface area contributed by atoms with Gasteiger partial charge in [0.25, 0.3) is 0 Å². The van der Waals surface area contributed by atoms with Crippen LogP contribution in [0.1, 0.15) is 59.8 Å². The van der Waals surface area contributed by atoms with Gasteiger partial charge in [-0.1, -0.05) is 20.8 Å². The van der Waals surface area contributed by atoms with Gasteiger partial charge in [0.15, 0.2) is 0 Å². The molecule has 3 nitrogen and oxygen atoms in total. The van der Waals surface area contributed by atoms with E-state index in [2.05, 4.69) is 31.0 Å². The number of nitrogens with zero attached hydrogens (tertiary/aromatic N) is 1. The highest BCUT2D eigenvalue weighted by Crippen LogP contribution is 2.42. The summed E-state index contributed by atoms with van der Waals surface area (Å²) in [5.74, 6) is 0.741. The third kappa shape index (κ3) is 3.96. The van der Waals surface area contributed by atoms with Crippen LogP contribution in [0, 0.1) is 11.3 Å². The lowest BCUT2D eigenvalue weighted by Crippen LogP contribution is -2.51. The summed E-state index contributed by atoms with van der Waals surface area (Å²) < 4.78 is 0. The number of hydrogen-bond donors (Lipinski definition) is 2. The molecule has 1 aliphatic heterocycles. The van der Waals surface area contributed by atoms with E-state index in [1.54, 1.807) is 0 Å². The summed E-state index contributed by atoms with van der Waals surface area (Å²) in [6, 6.07) is 0.634. The molecule has 3 atom stereocenters. The molecule has 2 aliphatic rings. The minimum absolute atomic E-state index is 0.415.